The lowest BCUT2D eigenvalue weighted by Crippen LogP contribution is -2.07. The molecule has 0 unspecified atom stereocenters. The molecule has 2 rings (SSSR count). The maximum atomic E-state index is 13.8. The highest BCUT2D eigenvalue weighted by Gasteiger charge is 2.11. The first-order valence-corrected chi connectivity index (χ1v) is 5.82. The van der Waals surface area contributed by atoms with E-state index in [1.807, 2.05) is 0 Å². The summed E-state index contributed by atoms with van der Waals surface area (Å²) < 4.78 is 18.8. The minimum atomic E-state index is -0.671. The van der Waals surface area contributed by atoms with Crippen LogP contribution in [0.4, 0.5) is 10.1 Å². The van der Waals surface area contributed by atoms with Crippen molar-refractivity contribution in [3.63, 3.8) is 0 Å². The molecule has 0 bridgehead atoms. The maximum Gasteiger partial charge on any atom is 0.338 e. The Morgan fingerprint density at radius 1 is 1.30 bits per heavy atom. The van der Waals surface area contributed by atoms with Gasteiger partial charge < -0.3 is 10.5 Å². The van der Waals surface area contributed by atoms with Crippen molar-refractivity contribution in [3.05, 3.63) is 65.0 Å². The van der Waals surface area contributed by atoms with Crippen molar-refractivity contribution in [3.8, 4) is 6.07 Å². The molecule has 0 aromatic heterocycles. The molecule has 5 heteroatoms. The molecule has 0 fully saturated rings. The van der Waals surface area contributed by atoms with E-state index in [4.69, 9.17) is 15.7 Å². The first kappa shape index (κ1) is 13.6. The highest BCUT2D eigenvalue weighted by Crippen LogP contribution is 2.14. The summed E-state index contributed by atoms with van der Waals surface area (Å²) in [7, 11) is 0. The summed E-state index contributed by atoms with van der Waals surface area (Å²) in [5.74, 6) is -1.27. The molecule has 2 aromatic carbocycles. The molecule has 100 valence electrons. The smallest absolute Gasteiger partial charge is 0.338 e. The highest BCUT2D eigenvalue weighted by atomic mass is 19.1. The fourth-order valence-corrected chi connectivity index (χ4v) is 1.67. The van der Waals surface area contributed by atoms with Crippen LogP contribution in [-0.4, -0.2) is 5.97 Å². The van der Waals surface area contributed by atoms with Crippen LogP contribution in [0.3, 0.4) is 0 Å². The third-order valence-electron chi connectivity index (χ3n) is 2.68. The summed E-state index contributed by atoms with van der Waals surface area (Å²) in [5, 5.41) is 8.72. The van der Waals surface area contributed by atoms with Crippen LogP contribution in [0.15, 0.2) is 42.5 Å². The van der Waals surface area contributed by atoms with Gasteiger partial charge >= 0.3 is 5.97 Å². The molecule has 0 aliphatic carbocycles. The monoisotopic (exact) mass is 270 g/mol. The minimum absolute atomic E-state index is 0.0810. The van der Waals surface area contributed by atoms with Crippen molar-refractivity contribution in [1.29, 1.82) is 5.26 Å². The van der Waals surface area contributed by atoms with Gasteiger partial charge in [-0.2, -0.15) is 5.26 Å². The van der Waals surface area contributed by atoms with Crippen LogP contribution in [0.2, 0.25) is 0 Å². The first-order chi connectivity index (χ1) is 9.61. The quantitative estimate of drug-likeness (QED) is 0.687. The molecule has 2 aromatic rings. The lowest BCUT2D eigenvalue weighted by Gasteiger charge is -2.07. The number of esters is 1. The van der Waals surface area contributed by atoms with Crippen LogP contribution in [0.25, 0.3) is 0 Å². The predicted molar refractivity (Wildman–Crippen MR) is 71.1 cm³/mol. The second-order valence-electron chi connectivity index (χ2n) is 4.09. The molecule has 2 N–H and O–H groups in total. The molecule has 0 saturated heterocycles. The van der Waals surface area contributed by atoms with Crippen molar-refractivity contribution < 1.29 is 13.9 Å². The highest BCUT2D eigenvalue weighted by molar-refractivity contribution is 5.90. The molecule has 0 aliphatic rings. The number of ether oxygens (including phenoxy) is 1. The van der Waals surface area contributed by atoms with Gasteiger partial charge in [0, 0.05) is 11.3 Å². The van der Waals surface area contributed by atoms with E-state index < -0.39 is 11.8 Å². The van der Waals surface area contributed by atoms with Gasteiger partial charge in [0.2, 0.25) is 0 Å². The molecule has 20 heavy (non-hydrogen) atoms. The van der Waals surface area contributed by atoms with E-state index in [1.165, 1.54) is 24.3 Å². The normalized spacial score (nSPS) is 9.80. The molecule has 0 radical (unpaired) electrons. The van der Waals surface area contributed by atoms with Gasteiger partial charge in [0.1, 0.15) is 18.5 Å². The van der Waals surface area contributed by atoms with Gasteiger partial charge in [-0.1, -0.05) is 18.2 Å². The van der Waals surface area contributed by atoms with Crippen LogP contribution in [0.5, 0.6) is 0 Å². The van der Waals surface area contributed by atoms with Gasteiger partial charge in [-0.25, -0.2) is 9.18 Å². The zero-order valence-corrected chi connectivity index (χ0v) is 10.5. The lowest BCUT2D eigenvalue weighted by atomic mass is 10.1. The molecule has 0 aliphatic heterocycles. The lowest BCUT2D eigenvalue weighted by molar-refractivity contribution is 0.0469. The summed E-state index contributed by atoms with van der Waals surface area (Å²) in [4.78, 5) is 11.8. The number of rotatable bonds is 3. The number of nitriles is 1. The van der Waals surface area contributed by atoms with E-state index in [0.29, 0.717) is 11.3 Å². The second kappa shape index (κ2) is 5.85. The van der Waals surface area contributed by atoms with Crippen LogP contribution in [0.1, 0.15) is 21.5 Å². The second-order valence-corrected chi connectivity index (χ2v) is 4.09. The Kier molecular flexibility index (Phi) is 3.96. The van der Waals surface area contributed by atoms with Crippen molar-refractivity contribution in [2.24, 2.45) is 0 Å². The van der Waals surface area contributed by atoms with Gasteiger partial charge in [-0.15, -0.1) is 0 Å². The van der Waals surface area contributed by atoms with E-state index >= 15 is 0 Å². The number of benzene rings is 2. The van der Waals surface area contributed by atoms with Gasteiger partial charge in [-0.05, 0) is 24.3 Å². The van der Waals surface area contributed by atoms with Crippen molar-refractivity contribution in [2.45, 2.75) is 6.61 Å². The number of hydrogen-bond donors (Lipinski definition) is 1. The SMILES string of the molecule is N#Cc1cccc(COC(=O)c2cccc(N)c2)c1F. The van der Waals surface area contributed by atoms with Crippen molar-refractivity contribution in [1.82, 2.24) is 0 Å². The minimum Gasteiger partial charge on any atom is -0.457 e. The zero-order chi connectivity index (χ0) is 14.5. The third-order valence-corrected chi connectivity index (χ3v) is 2.68. The van der Waals surface area contributed by atoms with Gasteiger partial charge in [0.25, 0.3) is 0 Å². The van der Waals surface area contributed by atoms with E-state index in [0.717, 1.165) is 0 Å². The Morgan fingerprint density at radius 3 is 2.75 bits per heavy atom. The van der Waals surface area contributed by atoms with Gasteiger partial charge in [-0.3, -0.25) is 0 Å². The molecule has 0 atom stereocenters. The number of hydrogen-bond acceptors (Lipinski definition) is 4. The summed E-state index contributed by atoms with van der Waals surface area (Å²) in [5.41, 5.74) is 6.37. The summed E-state index contributed by atoms with van der Waals surface area (Å²) >= 11 is 0. The average molecular weight is 270 g/mol. The van der Waals surface area contributed by atoms with E-state index in [1.54, 1.807) is 24.3 Å². The molecule has 4 nitrogen and oxygen atoms in total. The number of nitrogens with zero attached hydrogens (tertiary/aromatic N) is 1. The first-order valence-electron chi connectivity index (χ1n) is 5.82. The van der Waals surface area contributed by atoms with Crippen LogP contribution < -0.4 is 5.73 Å². The maximum absolute atomic E-state index is 13.8. The Morgan fingerprint density at radius 2 is 2.05 bits per heavy atom. The average Bonchev–Trinajstić information content (AvgIpc) is 2.46. The summed E-state index contributed by atoms with van der Waals surface area (Å²) in [6.07, 6.45) is 0. The molecular formula is C15H11FN2O2. The van der Waals surface area contributed by atoms with E-state index in [9.17, 15) is 9.18 Å². The Labute approximate surface area is 115 Å². The number of nitrogens with two attached hydrogens (primary N) is 1. The van der Waals surface area contributed by atoms with Gasteiger partial charge in [0.05, 0.1) is 11.1 Å². The standard InChI is InChI=1S/C15H11FN2O2/c16-14-11(8-17)4-1-5-12(14)9-20-15(19)10-3-2-6-13(18)7-10/h1-7H,9,18H2. The number of carbonyl (C=O) groups excluding carboxylic acids is 1. The van der Waals surface area contributed by atoms with Crippen molar-refractivity contribution >= 4 is 11.7 Å². The Balaban J connectivity index is 2.10. The van der Waals surface area contributed by atoms with Crippen molar-refractivity contribution in [2.75, 3.05) is 5.73 Å². The predicted octanol–water partition coefficient (Wildman–Crippen LogP) is 2.64. The molecule has 0 heterocycles. The van der Waals surface area contributed by atoms with Crippen LogP contribution >= 0.6 is 0 Å². The number of anilines is 1. The number of halogens is 1. The summed E-state index contributed by atoms with van der Waals surface area (Å²) in [6.45, 7) is -0.241. The fourth-order valence-electron chi connectivity index (χ4n) is 1.67. The van der Waals surface area contributed by atoms with Gasteiger partial charge in [0.15, 0.2) is 0 Å². The summed E-state index contributed by atoms with van der Waals surface area (Å²) in [6, 6.07) is 12.4. The molecular weight excluding hydrogens is 259 g/mol. The van der Waals surface area contributed by atoms with Crippen LogP contribution in [0, 0.1) is 17.1 Å². The molecule has 0 spiro atoms. The third kappa shape index (κ3) is 2.93. The van der Waals surface area contributed by atoms with E-state index in [2.05, 4.69) is 0 Å². The number of nitrogen functional groups attached to an aromatic ring is 1. The molecule has 0 amide bonds. The largest absolute Gasteiger partial charge is 0.457 e. The topological polar surface area (TPSA) is 76.1 Å². The Bertz CT molecular complexity index is 693. The zero-order valence-electron chi connectivity index (χ0n) is 10.5. The Hall–Kier alpha value is -2.87. The number of carbonyl (C=O) groups is 1. The molecule has 0 saturated carbocycles. The fraction of sp³-hybridized carbons (Fsp3) is 0.0667. The van der Waals surface area contributed by atoms with E-state index in [-0.39, 0.29) is 17.7 Å². The van der Waals surface area contributed by atoms with Crippen LogP contribution in [-0.2, 0) is 11.3 Å².